The van der Waals surface area contributed by atoms with E-state index < -0.39 is 8.32 Å². The number of pyridine rings is 1. The van der Waals surface area contributed by atoms with E-state index in [1.54, 1.807) is 6.20 Å². The quantitative estimate of drug-likeness (QED) is 0.261. The third-order valence-corrected chi connectivity index (χ3v) is 11.3. The van der Waals surface area contributed by atoms with Crippen molar-refractivity contribution < 1.29 is 4.43 Å². The largest absolute Gasteiger partial charge is 0.534 e. The molecule has 0 saturated heterocycles. The zero-order valence-corrected chi connectivity index (χ0v) is 21.7. The monoisotopic (exact) mass is 521 g/mol. The Balaban J connectivity index is 1.80. The van der Waals surface area contributed by atoms with Gasteiger partial charge >= 0.3 is 8.32 Å². The van der Waals surface area contributed by atoms with Crippen molar-refractivity contribution in [3.8, 4) is 17.0 Å². The van der Waals surface area contributed by atoms with E-state index in [2.05, 4.69) is 102 Å². The molecule has 0 aliphatic rings. The van der Waals surface area contributed by atoms with Crippen LogP contribution in [0.25, 0.3) is 11.3 Å². The lowest BCUT2D eigenvalue weighted by Gasteiger charge is -2.43. The van der Waals surface area contributed by atoms with E-state index in [0.29, 0.717) is 5.02 Å². The lowest BCUT2D eigenvalue weighted by Crippen LogP contribution is -2.68. The first-order valence-electron chi connectivity index (χ1n) is 10.5. The number of benzene rings is 3. The summed E-state index contributed by atoms with van der Waals surface area (Å²) in [5.41, 5.74) is 1.71. The van der Waals surface area contributed by atoms with Gasteiger partial charge in [-0.2, -0.15) is 0 Å². The summed E-state index contributed by atoms with van der Waals surface area (Å²) in [7, 11) is -2.65. The fraction of sp³-hybridized carbons (Fsp3) is 0.148. The maximum absolute atomic E-state index is 7.06. The van der Waals surface area contributed by atoms with Gasteiger partial charge in [0.05, 0.1) is 10.7 Å². The van der Waals surface area contributed by atoms with Crippen LogP contribution in [-0.2, 0) is 0 Å². The summed E-state index contributed by atoms with van der Waals surface area (Å²) < 4.78 is 7.92. The van der Waals surface area contributed by atoms with Crippen molar-refractivity contribution in [3.63, 3.8) is 0 Å². The van der Waals surface area contributed by atoms with E-state index >= 15 is 0 Å². The summed E-state index contributed by atoms with van der Waals surface area (Å²) >= 11 is 9.83. The first kappa shape index (κ1) is 22.8. The van der Waals surface area contributed by atoms with E-state index in [4.69, 9.17) is 16.0 Å². The Morgan fingerprint density at radius 1 is 0.812 bits per heavy atom. The summed E-state index contributed by atoms with van der Waals surface area (Å²) in [6.45, 7) is 6.83. The molecule has 0 aliphatic heterocycles. The second kappa shape index (κ2) is 9.22. The molecule has 2 nitrogen and oxygen atoms in total. The normalized spacial score (nSPS) is 11.9. The van der Waals surface area contributed by atoms with Crippen LogP contribution in [-0.4, -0.2) is 13.3 Å². The third kappa shape index (κ3) is 4.40. The van der Waals surface area contributed by atoms with Crippen LogP contribution in [0.15, 0.2) is 102 Å². The van der Waals surface area contributed by atoms with Crippen molar-refractivity contribution in [2.24, 2.45) is 0 Å². The van der Waals surface area contributed by atoms with Crippen LogP contribution in [0.2, 0.25) is 10.1 Å². The van der Waals surface area contributed by atoms with Gasteiger partial charge in [-0.1, -0.05) is 93.0 Å². The summed E-state index contributed by atoms with van der Waals surface area (Å²) in [6, 6.07) is 31.2. The predicted molar refractivity (Wildman–Crippen MR) is 141 cm³/mol. The molecule has 0 amide bonds. The van der Waals surface area contributed by atoms with Crippen LogP contribution < -0.4 is 14.8 Å². The van der Waals surface area contributed by atoms with Gasteiger partial charge in [-0.3, -0.25) is 4.98 Å². The van der Waals surface area contributed by atoms with Crippen LogP contribution in [0, 0.1) is 0 Å². The minimum Gasteiger partial charge on any atom is -0.534 e. The molecular formula is C27H25BrClNOSi. The molecule has 0 radical (unpaired) electrons. The van der Waals surface area contributed by atoms with Crippen molar-refractivity contribution in [1.29, 1.82) is 0 Å². The van der Waals surface area contributed by atoms with Gasteiger partial charge in [-0.25, -0.2) is 0 Å². The van der Waals surface area contributed by atoms with Gasteiger partial charge in [-0.15, -0.1) is 0 Å². The minimum atomic E-state index is -2.65. The van der Waals surface area contributed by atoms with E-state index in [1.807, 2.05) is 30.3 Å². The molecule has 1 aromatic heterocycles. The predicted octanol–water partition coefficient (Wildman–Crippen LogP) is 7.10. The highest BCUT2D eigenvalue weighted by molar-refractivity contribution is 9.10. The molecule has 0 N–H and O–H groups in total. The number of aromatic nitrogens is 1. The highest BCUT2D eigenvalue weighted by Gasteiger charge is 2.52. The smallest absolute Gasteiger partial charge is 0.319 e. The van der Waals surface area contributed by atoms with Crippen molar-refractivity contribution in [2.45, 2.75) is 25.8 Å². The van der Waals surface area contributed by atoms with Gasteiger partial charge in [0, 0.05) is 16.2 Å². The lowest BCUT2D eigenvalue weighted by atomic mass is 10.1. The first-order valence-corrected chi connectivity index (χ1v) is 13.6. The maximum atomic E-state index is 7.06. The van der Waals surface area contributed by atoms with Gasteiger partial charge in [0.1, 0.15) is 5.75 Å². The summed E-state index contributed by atoms with van der Waals surface area (Å²) in [4.78, 5) is 4.48. The fourth-order valence-electron chi connectivity index (χ4n) is 4.13. The average Bonchev–Trinajstić information content (AvgIpc) is 2.78. The Kier molecular flexibility index (Phi) is 6.56. The Labute approximate surface area is 204 Å². The summed E-state index contributed by atoms with van der Waals surface area (Å²) in [5.74, 6) is 0.844. The van der Waals surface area contributed by atoms with Crippen molar-refractivity contribution >= 4 is 46.2 Å². The fourth-order valence-corrected chi connectivity index (χ4v) is 9.29. The molecule has 32 heavy (non-hydrogen) atoms. The molecule has 4 aromatic rings. The molecule has 0 aliphatic carbocycles. The van der Waals surface area contributed by atoms with E-state index in [-0.39, 0.29) is 5.04 Å². The highest BCUT2D eigenvalue weighted by atomic mass is 79.9. The molecule has 0 atom stereocenters. The Morgan fingerprint density at radius 3 is 1.81 bits per heavy atom. The molecule has 1 heterocycles. The SMILES string of the molecule is CC(C)(C)[Si](Oc1ccc(-c2ncc(Br)cc2Cl)cc1)(c1ccccc1)c1ccccc1. The average molecular weight is 523 g/mol. The van der Waals surface area contributed by atoms with Crippen LogP contribution >= 0.6 is 27.5 Å². The summed E-state index contributed by atoms with van der Waals surface area (Å²) in [5, 5.41) is 3.02. The van der Waals surface area contributed by atoms with Crippen LogP contribution in [0.1, 0.15) is 20.8 Å². The second-order valence-corrected chi connectivity index (χ2v) is 14.3. The zero-order valence-electron chi connectivity index (χ0n) is 18.3. The summed E-state index contributed by atoms with van der Waals surface area (Å²) in [6.07, 6.45) is 1.76. The Hall–Kier alpha value is -2.40. The molecule has 0 unspecified atom stereocenters. The second-order valence-electron chi connectivity index (χ2n) is 8.77. The zero-order chi connectivity index (χ0) is 22.8. The lowest BCUT2D eigenvalue weighted by molar-refractivity contribution is 0.508. The maximum Gasteiger partial charge on any atom is 0.319 e. The number of hydrogen-bond donors (Lipinski definition) is 0. The molecule has 0 saturated carbocycles. The topological polar surface area (TPSA) is 22.1 Å². The van der Waals surface area contributed by atoms with Gasteiger partial charge in [0.2, 0.25) is 0 Å². The van der Waals surface area contributed by atoms with E-state index in [1.165, 1.54) is 10.4 Å². The van der Waals surface area contributed by atoms with Gasteiger partial charge in [0.25, 0.3) is 0 Å². The standard InChI is InChI=1S/C27H25BrClNOSi/c1-27(2,3)32(23-10-6-4-7-11-23,24-12-8-5-9-13-24)31-22-16-14-20(15-17-22)26-25(29)18-21(28)19-30-26/h4-19H,1-3H3. The van der Waals surface area contributed by atoms with Crippen LogP contribution in [0.3, 0.4) is 0 Å². The number of hydrogen-bond acceptors (Lipinski definition) is 2. The van der Waals surface area contributed by atoms with E-state index in [0.717, 1.165) is 21.5 Å². The first-order chi connectivity index (χ1) is 15.3. The van der Waals surface area contributed by atoms with Gasteiger partial charge in [0.15, 0.2) is 0 Å². The molecule has 4 rings (SSSR count). The number of nitrogens with zero attached hydrogens (tertiary/aromatic N) is 1. The van der Waals surface area contributed by atoms with Crippen molar-refractivity contribution in [2.75, 3.05) is 0 Å². The molecule has 0 fully saturated rings. The number of rotatable bonds is 5. The molecule has 0 spiro atoms. The van der Waals surface area contributed by atoms with Crippen molar-refractivity contribution in [3.05, 3.63) is 107 Å². The van der Waals surface area contributed by atoms with Gasteiger partial charge in [-0.05, 0) is 61.7 Å². The van der Waals surface area contributed by atoms with Crippen LogP contribution in [0.4, 0.5) is 0 Å². The Morgan fingerprint density at radius 2 is 1.34 bits per heavy atom. The Bertz CT molecular complexity index is 1150. The van der Waals surface area contributed by atoms with Crippen LogP contribution in [0.5, 0.6) is 5.75 Å². The minimum absolute atomic E-state index is 0.0923. The van der Waals surface area contributed by atoms with Crippen molar-refractivity contribution in [1.82, 2.24) is 4.98 Å². The number of halogens is 2. The molecule has 3 aromatic carbocycles. The molecular weight excluding hydrogens is 498 g/mol. The molecule has 0 bridgehead atoms. The third-order valence-electron chi connectivity index (χ3n) is 5.62. The van der Waals surface area contributed by atoms with Gasteiger partial charge < -0.3 is 4.43 Å². The highest BCUT2D eigenvalue weighted by Crippen LogP contribution is 2.38. The van der Waals surface area contributed by atoms with E-state index in [9.17, 15) is 0 Å². The molecule has 5 heteroatoms. The molecule has 162 valence electrons.